The first-order valence-corrected chi connectivity index (χ1v) is 8.53. The van der Waals surface area contributed by atoms with Crippen molar-refractivity contribution in [1.82, 2.24) is 14.9 Å². The molecule has 1 fully saturated rings. The number of imidazole rings is 1. The molecule has 1 heterocycles. The molecule has 1 aromatic carbocycles. The summed E-state index contributed by atoms with van der Waals surface area (Å²) in [6.07, 6.45) is 5.83. The van der Waals surface area contributed by atoms with Crippen LogP contribution in [0.25, 0.3) is 11.0 Å². The molecule has 3 rings (SSSR count). The Balaban J connectivity index is 1.89. The van der Waals surface area contributed by atoms with E-state index >= 15 is 0 Å². The summed E-state index contributed by atoms with van der Waals surface area (Å²) in [5, 5.41) is 11.5. The van der Waals surface area contributed by atoms with Gasteiger partial charge in [0.1, 0.15) is 18.4 Å². The van der Waals surface area contributed by atoms with Crippen molar-refractivity contribution >= 4 is 22.9 Å². The van der Waals surface area contributed by atoms with Gasteiger partial charge in [-0.05, 0) is 31.9 Å². The summed E-state index contributed by atoms with van der Waals surface area (Å²) in [4.78, 5) is 28.0. The van der Waals surface area contributed by atoms with E-state index in [2.05, 4.69) is 5.32 Å². The van der Waals surface area contributed by atoms with E-state index in [4.69, 9.17) is 10.1 Å². The summed E-state index contributed by atoms with van der Waals surface area (Å²) in [6.45, 7) is 1.57. The Bertz CT molecular complexity index is 747. The van der Waals surface area contributed by atoms with E-state index in [0.717, 1.165) is 29.7 Å². The number of rotatable bonds is 5. The largest absolute Gasteiger partial charge is 0.480 e. The number of aromatic nitrogens is 2. The molecule has 1 atom stereocenters. The number of nitrogens with one attached hydrogen (secondary N) is 1. The van der Waals surface area contributed by atoms with Gasteiger partial charge in [-0.2, -0.15) is 0 Å². The Morgan fingerprint density at radius 2 is 2.00 bits per heavy atom. The molecule has 1 aliphatic rings. The number of carbonyl (C=O) groups excluding carboxylic acids is 1. The van der Waals surface area contributed by atoms with Gasteiger partial charge in [0.05, 0.1) is 11.0 Å². The van der Waals surface area contributed by atoms with Crippen molar-refractivity contribution in [3.05, 3.63) is 30.1 Å². The number of carbonyl (C=O) groups is 2. The quantitative estimate of drug-likeness (QED) is 0.883. The zero-order valence-electron chi connectivity index (χ0n) is 13.9. The van der Waals surface area contributed by atoms with Crippen LogP contribution in [0.2, 0.25) is 0 Å². The molecular weight excluding hydrogens is 306 g/mol. The summed E-state index contributed by atoms with van der Waals surface area (Å²) in [5.74, 6) is -0.0127. The number of benzene rings is 1. The van der Waals surface area contributed by atoms with Gasteiger partial charge >= 0.3 is 5.97 Å². The predicted octanol–water partition coefficient (Wildman–Crippen LogP) is 2.67. The van der Waals surface area contributed by atoms with Gasteiger partial charge in [0, 0.05) is 5.92 Å². The molecule has 0 saturated heterocycles. The first-order chi connectivity index (χ1) is 11.6. The minimum atomic E-state index is -1.04. The third-order valence-corrected chi connectivity index (χ3v) is 4.70. The molecule has 0 radical (unpaired) electrons. The fourth-order valence-electron chi connectivity index (χ4n) is 3.43. The van der Waals surface area contributed by atoms with E-state index in [-0.39, 0.29) is 12.5 Å². The maximum absolute atomic E-state index is 12.3. The number of carboxylic acids is 1. The van der Waals surface area contributed by atoms with Gasteiger partial charge in [-0.15, -0.1) is 0 Å². The van der Waals surface area contributed by atoms with Crippen LogP contribution in [0.4, 0.5) is 0 Å². The van der Waals surface area contributed by atoms with E-state index < -0.39 is 12.0 Å². The molecule has 1 amide bonds. The van der Waals surface area contributed by atoms with Crippen molar-refractivity contribution in [3.8, 4) is 0 Å². The Morgan fingerprint density at radius 1 is 1.29 bits per heavy atom. The molecule has 0 bridgehead atoms. The zero-order chi connectivity index (χ0) is 17.1. The van der Waals surface area contributed by atoms with Gasteiger partial charge in [0.2, 0.25) is 5.91 Å². The van der Waals surface area contributed by atoms with Gasteiger partial charge in [0.15, 0.2) is 0 Å². The van der Waals surface area contributed by atoms with Crippen LogP contribution >= 0.6 is 0 Å². The van der Waals surface area contributed by atoms with Crippen LogP contribution in [0.1, 0.15) is 50.8 Å². The highest BCUT2D eigenvalue weighted by Crippen LogP contribution is 2.33. The second-order valence-electron chi connectivity index (χ2n) is 6.51. The van der Waals surface area contributed by atoms with Crippen LogP contribution in [0.15, 0.2) is 24.3 Å². The lowest BCUT2D eigenvalue weighted by molar-refractivity contribution is -0.141. The number of para-hydroxylation sites is 2. The third kappa shape index (κ3) is 3.42. The molecule has 0 unspecified atom stereocenters. The van der Waals surface area contributed by atoms with Crippen molar-refractivity contribution in [2.45, 2.75) is 57.5 Å². The second kappa shape index (κ2) is 7.03. The lowest BCUT2D eigenvalue weighted by atomic mass is 9.88. The first kappa shape index (κ1) is 16.5. The topological polar surface area (TPSA) is 84.2 Å². The Labute approximate surface area is 140 Å². The standard InChI is InChI=1S/C18H23N3O3/c1-12(18(23)24)19-16(22)11-21-15-10-6-5-9-14(15)20-17(21)13-7-3-2-4-8-13/h5-6,9-10,12-13H,2-4,7-8,11H2,1H3,(H,19,22)(H,23,24)/t12-/m1/s1. The molecule has 1 aromatic heterocycles. The smallest absolute Gasteiger partial charge is 0.325 e. The zero-order valence-corrected chi connectivity index (χ0v) is 13.9. The summed E-state index contributed by atoms with van der Waals surface area (Å²) in [7, 11) is 0. The van der Waals surface area contributed by atoms with Crippen molar-refractivity contribution < 1.29 is 14.7 Å². The Kier molecular flexibility index (Phi) is 4.83. The minimum absolute atomic E-state index is 0.101. The van der Waals surface area contributed by atoms with Crippen LogP contribution in [0, 0.1) is 0 Å². The molecule has 0 aliphatic heterocycles. The highest BCUT2D eigenvalue weighted by molar-refractivity contribution is 5.85. The van der Waals surface area contributed by atoms with E-state index in [1.807, 2.05) is 28.8 Å². The highest BCUT2D eigenvalue weighted by Gasteiger charge is 2.24. The Morgan fingerprint density at radius 3 is 2.71 bits per heavy atom. The van der Waals surface area contributed by atoms with Crippen LogP contribution in [0.3, 0.4) is 0 Å². The van der Waals surface area contributed by atoms with Crippen molar-refractivity contribution in [3.63, 3.8) is 0 Å². The van der Waals surface area contributed by atoms with E-state index in [0.29, 0.717) is 5.92 Å². The van der Waals surface area contributed by atoms with Gasteiger partial charge in [-0.25, -0.2) is 4.98 Å². The van der Waals surface area contributed by atoms with Gasteiger partial charge in [-0.1, -0.05) is 31.4 Å². The number of nitrogens with zero attached hydrogens (tertiary/aromatic N) is 2. The highest BCUT2D eigenvalue weighted by atomic mass is 16.4. The Hall–Kier alpha value is -2.37. The van der Waals surface area contributed by atoms with E-state index in [9.17, 15) is 9.59 Å². The van der Waals surface area contributed by atoms with Crippen LogP contribution in [-0.2, 0) is 16.1 Å². The molecule has 24 heavy (non-hydrogen) atoms. The molecule has 6 heteroatoms. The van der Waals surface area contributed by atoms with Gasteiger partial charge < -0.3 is 15.0 Å². The number of amides is 1. The average molecular weight is 329 g/mol. The molecule has 2 aromatic rings. The SMILES string of the molecule is C[C@@H](NC(=O)Cn1c(C2CCCCC2)nc2ccccc21)C(=O)O. The number of aliphatic carboxylic acids is 1. The van der Waals surface area contributed by atoms with Crippen LogP contribution in [-0.4, -0.2) is 32.6 Å². The molecular formula is C18H23N3O3. The second-order valence-corrected chi connectivity index (χ2v) is 6.51. The summed E-state index contributed by atoms with van der Waals surface area (Å²) in [5.41, 5.74) is 1.81. The fraction of sp³-hybridized carbons (Fsp3) is 0.500. The number of hydrogen-bond acceptors (Lipinski definition) is 3. The summed E-state index contributed by atoms with van der Waals surface area (Å²) >= 11 is 0. The van der Waals surface area contributed by atoms with E-state index in [1.54, 1.807) is 0 Å². The van der Waals surface area contributed by atoms with Crippen LogP contribution in [0.5, 0.6) is 0 Å². The van der Waals surface area contributed by atoms with Gasteiger partial charge in [-0.3, -0.25) is 9.59 Å². The molecule has 1 saturated carbocycles. The molecule has 128 valence electrons. The monoisotopic (exact) mass is 329 g/mol. The molecule has 1 aliphatic carbocycles. The molecule has 2 N–H and O–H groups in total. The van der Waals surface area contributed by atoms with Crippen LogP contribution < -0.4 is 5.32 Å². The summed E-state index contributed by atoms with van der Waals surface area (Å²) in [6, 6.07) is 6.89. The molecule has 6 nitrogen and oxygen atoms in total. The lowest BCUT2D eigenvalue weighted by Gasteiger charge is -2.22. The van der Waals surface area contributed by atoms with Crippen molar-refractivity contribution in [2.75, 3.05) is 0 Å². The number of hydrogen-bond donors (Lipinski definition) is 2. The lowest BCUT2D eigenvalue weighted by Crippen LogP contribution is -2.40. The first-order valence-electron chi connectivity index (χ1n) is 8.53. The normalized spacial score (nSPS) is 16.9. The third-order valence-electron chi connectivity index (χ3n) is 4.70. The maximum atomic E-state index is 12.3. The molecule has 0 spiro atoms. The number of fused-ring (bicyclic) bond motifs is 1. The predicted molar refractivity (Wildman–Crippen MR) is 90.8 cm³/mol. The fourth-order valence-corrected chi connectivity index (χ4v) is 3.43. The van der Waals surface area contributed by atoms with Crippen molar-refractivity contribution in [1.29, 1.82) is 0 Å². The minimum Gasteiger partial charge on any atom is -0.480 e. The average Bonchev–Trinajstić information content (AvgIpc) is 2.94. The van der Waals surface area contributed by atoms with Crippen molar-refractivity contribution in [2.24, 2.45) is 0 Å². The maximum Gasteiger partial charge on any atom is 0.325 e. The number of carboxylic acid groups (broad SMARTS) is 1. The van der Waals surface area contributed by atoms with E-state index in [1.165, 1.54) is 26.2 Å². The summed E-state index contributed by atoms with van der Waals surface area (Å²) < 4.78 is 1.95. The van der Waals surface area contributed by atoms with Gasteiger partial charge in [0.25, 0.3) is 0 Å².